The summed E-state index contributed by atoms with van der Waals surface area (Å²) < 4.78 is 0. The Bertz CT molecular complexity index is 431. The maximum Gasteiger partial charge on any atom is 0.0456 e. The lowest BCUT2D eigenvalue weighted by Crippen LogP contribution is -1.91. The quantitative estimate of drug-likeness (QED) is 0.795. The first-order chi connectivity index (χ1) is 7.27. The molecule has 0 aliphatic heterocycles. The molecule has 0 amide bonds. The summed E-state index contributed by atoms with van der Waals surface area (Å²) in [5.41, 5.74) is 2.69. The van der Waals surface area contributed by atoms with Crippen molar-refractivity contribution in [3.8, 4) is 0 Å². The summed E-state index contributed by atoms with van der Waals surface area (Å²) >= 11 is 3.58. The minimum absolute atomic E-state index is 0.628. The number of hydrogen-bond donors (Lipinski definition) is 1. The molecule has 0 spiro atoms. The Morgan fingerprint density at radius 1 is 1.33 bits per heavy atom. The van der Waals surface area contributed by atoms with Crippen molar-refractivity contribution in [2.45, 2.75) is 31.0 Å². The molecule has 2 aromatic rings. The summed E-state index contributed by atoms with van der Waals surface area (Å²) in [6.45, 7) is 2.20. The van der Waals surface area contributed by atoms with Crippen LogP contribution < -0.4 is 0 Å². The van der Waals surface area contributed by atoms with Gasteiger partial charge in [-0.2, -0.15) is 0 Å². The molecular weight excluding hydrogens is 250 g/mol. The average Bonchev–Trinajstić information content (AvgIpc) is 2.62. The van der Waals surface area contributed by atoms with Gasteiger partial charge in [-0.25, -0.2) is 0 Å². The molecule has 0 saturated heterocycles. The van der Waals surface area contributed by atoms with Crippen molar-refractivity contribution >= 4 is 26.8 Å². The molecule has 1 unspecified atom stereocenters. The van der Waals surface area contributed by atoms with Gasteiger partial charge in [0.05, 0.1) is 0 Å². The van der Waals surface area contributed by atoms with Gasteiger partial charge < -0.3 is 4.98 Å². The summed E-state index contributed by atoms with van der Waals surface area (Å²) in [5, 5.41) is 1.37. The van der Waals surface area contributed by atoms with Crippen molar-refractivity contribution in [2.24, 2.45) is 0 Å². The molecule has 0 fully saturated rings. The number of aromatic nitrogens is 1. The van der Waals surface area contributed by atoms with Gasteiger partial charge >= 0.3 is 0 Å². The third-order valence-electron chi connectivity index (χ3n) is 2.72. The second kappa shape index (κ2) is 4.84. The van der Waals surface area contributed by atoms with Crippen LogP contribution >= 0.6 is 15.9 Å². The molecule has 1 atom stereocenters. The molecule has 1 aromatic heterocycles. The number of hydrogen-bond acceptors (Lipinski definition) is 0. The zero-order chi connectivity index (χ0) is 10.7. The smallest absolute Gasteiger partial charge is 0.0456 e. The predicted molar refractivity (Wildman–Crippen MR) is 69.6 cm³/mol. The van der Waals surface area contributed by atoms with E-state index in [0.717, 1.165) is 0 Å². The number of aromatic amines is 1. The van der Waals surface area contributed by atoms with Gasteiger partial charge in [-0.15, -0.1) is 0 Å². The predicted octanol–water partition coefficient (Wildman–Crippen LogP) is 4.27. The normalized spacial score (nSPS) is 13.2. The third-order valence-corrected chi connectivity index (χ3v) is 3.18. The minimum Gasteiger partial charge on any atom is -0.361 e. The first-order valence-electron chi connectivity index (χ1n) is 5.46. The van der Waals surface area contributed by atoms with E-state index in [-0.39, 0.29) is 0 Å². The summed E-state index contributed by atoms with van der Waals surface area (Å²) in [6.07, 6.45) is 5.79. The van der Waals surface area contributed by atoms with Crippen LogP contribution in [-0.2, 0) is 6.42 Å². The Morgan fingerprint density at radius 2 is 2.13 bits per heavy atom. The molecule has 0 saturated carbocycles. The topological polar surface area (TPSA) is 15.8 Å². The van der Waals surface area contributed by atoms with E-state index in [1.54, 1.807) is 0 Å². The number of benzene rings is 1. The van der Waals surface area contributed by atoms with Crippen LogP contribution in [0.1, 0.15) is 25.3 Å². The van der Waals surface area contributed by atoms with Crippen LogP contribution in [-0.4, -0.2) is 9.81 Å². The fraction of sp³-hybridized carbons (Fsp3) is 0.385. The number of nitrogens with one attached hydrogen (secondary N) is 1. The van der Waals surface area contributed by atoms with Gasteiger partial charge in [0.2, 0.25) is 0 Å². The van der Waals surface area contributed by atoms with Gasteiger partial charge in [-0.3, -0.25) is 0 Å². The average molecular weight is 266 g/mol. The number of rotatable bonds is 4. The van der Waals surface area contributed by atoms with Crippen LogP contribution in [0.4, 0.5) is 0 Å². The van der Waals surface area contributed by atoms with E-state index in [1.807, 2.05) is 0 Å². The Kier molecular flexibility index (Phi) is 3.47. The summed E-state index contributed by atoms with van der Waals surface area (Å²) in [4.78, 5) is 3.94. The highest BCUT2D eigenvalue weighted by Gasteiger charge is 2.03. The highest BCUT2D eigenvalue weighted by atomic mass is 79.9. The van der Waals surface area contributed by atoms with E-state index in [1.165, 1.54) is 35.7 Å². The zero-order valence-corrected chi connectivity index (χ0v) is 10.5. The Hall–Kier alpha value is -0.760. The molecule has 1 N–H and O–H groups in total. The van der Waals surface area contributed by atoms with Crippen molar-refractivity contribution < 1.29 is 0 Å². The molecule has 0 radical (unpaired) electrons. The first-order valence-corrected chi connectivity index (χ1v) is 6.38. The molecule has 0 bridgehead atoms. The Balaban J connectivity index is 2.08. The largest absolute Gasteiger partial charge is 0.361 e. The number of halogens is 1. The molecular formula is C13H16BrN. The zero-order valence-electron chi connectivity index (χ0n) is 8.96. The standard InChI is InChI=1S/C13H16BrN/c1-10(14)5-4-6-11-9-15-13-8-3-2-7-12(11)13/h2-3,7-10,15H,4-6H2,1H3. The van der Waals surface area contributed by atoms with Crippen molar-refractivity contribution in [1.29, 1.82) is 0 Å². The van der Waals surface area contributed by atoms with E-state index < -0.39 is 0 Å². The lowest BCUT2D eigenvalue weighted by molar-refractivity contribution is 0.738. The number of aryl methyl sites for hydroxylation is 1. The number of H-pyrrole nitrogens is 1. The lowest BCUT2D eigenvalue weighted by atomic mass is 10.1. The van der Waals surface area contributed by atoms with Crippen LogP contribution in [0, 0.1) is 0 Å². The van der Waals surface area contributed by atoms with Gasteiger partial charge in [-0.05, 0) is 30.9 Å². The van der Waals surface area contributed by atoms with Crippen LogP contribution in [0.3, 0.4) is 0 Å². The van der Waals surface area contributed by atoms with Crippen LogP contribution in [0.15, 0.2) is 30.5 Å². The number of fused-ring (bicyclic) bond motifs is 1. The van der Waals surface area contributed by atoms with Gasteiger partial charge in [0.25, 0.3) is 0 Å². The van der Waals surface area contributed by atoms with Crippen molar-refractivity contribution in [2.75, 3.05) is 0 Å². The van der Waals surface area contributed by atoms with E-state index >= 15 is 0 Å². The Labute approximate surface area is 99.0 Å². The summed E-state index contributed by atoms with van der Waals surface area (Å²) in [7, 11) is 0. The lowest BCUT2D eigenvalue weighted by Gasteiger charge is -2.02. The van der Waals surface area contributed by atoms with Crippen molar-refractivity contribution in [1.82, 2.24) is 4.98 Å². The molecule has 2 rings (SSSR count). The molecule has 15 heavy (non-hydrogen) atoms. The molecule has 80 valence electrons. The van der Waals surface area contributed by atoms with Gasteiger partial charge in [0.15, 0.2) is 0 Å². The van der Waals surface area contributed by atoms with E-state index in [4.69, 9.17) is 0 Å². The summed E-state index contributed by atoms with van der Waals surface area (Å²) in [5.74, 6) is 0. The SMILES string of the molecule is CC(Br)CCCc1c[nH]c2ccccc12. The highest BCUT2D eigenvalue weighted by Crippen LogP contribution is 2.20. The van der Waals surface area contributed by atoms with Gasteiger partial charge in [0, 0.05) is 21.9 Å². The molecule has 1 nitrogen and oxygen atoms in total. The Morgan fingerprint density at radius 3 is 2.93 bits per heavy atom. The van der Waals surface area contributed by atoms with E-state index in [2.05, 4.69) is 58.3 Å². The van der Waals surface area contributed by atoms with Crippen LogP contribution in [0.25, 0.3) is 10.9 Å². The van der Waals surface area contributed by atoms with Crippen LogP contribution in [0.5, 0.6) is 0 Å². The molecule has 0 aliphatic carbocycles. The van der Waals surface area contributed by atoms with Crippen LogP contribution in [0.2, 0.25) is 0 Å². The molecule has 0 aliphatic rings. The third kappa shape index (κ3) is 2.63. The van der Waals surface area contributed by atoms with Crippen molar-refractivity contribution in [3.63, 3.8) is 0 Å². The molecule has 1 aromatic carbocycles. The molecule has 1 heterocycles. The first kappa shape index (κ1) is 10.7. The minimum atomic E-state index is 0.628. The maximum absolute atomic E-state index is 3.58. The fourth-order valence-electron chi connectivity index (χ4n) is 1.91. The van der Waals surface area contributed by atoms with E-state index in [0.29, 0.717) is 4.83 Å². The summed E-state index contributed by atoms with van der Waals surface area (Å²) in [6, 6.07) is 8.50. The van der Waals surface area contributed by atoms with Gasteiger partial charge in [0.1, 0.15) is 0 Å². The van der Waals surface area contributed by atoms with Crippen molar-refractivity contribution in [3.05, 3.63) is 36.0 Å². The second-order valence-electron chi connectivity index (χ2n) is 4.03. The van der Waals surface area contributed by atoms with E-state index in [9.17, 15) is 0 Å². The van der Waals surface area contributed by atoms with Gasteiger partial charge in [-0.1, -0.05) is 41.1 Å². The highest BCUT2D eigenvalue weighted by molar-refractivity contribution is 9.09. The number of alkyl halides is 1. The second-order valence-corrected chi connectivity index (χ2v) is 5.60. The fourth-order valence-corrected chi connectivity index (χ4v) is 2.24. The monoisotopic (exact) mass is 265 g/mol. The maximum atomic E-state index is 3.58. The number of para-hydroxylation sites is 1. The molecule has 2 heteroatoms.